The van der Waals surface area contributed by atoms with Crippen LogP contribution in [0, 0.1) is 11.3 Å². The highest BCUT2D eigenvalue weighted by Gasteiger charge is 2.18. The SMILES string of the molecule is N=Cc1cncc(CC2CNC2)c1N. The predicted octanol–water partition coefficient (Wildman–Crippen LogP) is 0.423. The maximum atomic E-state index is 7.17. The highest BCUT2D eigenvalue weighted by molar-refractivity contribution is 5.85. The summed E-state index contributed by atoms with van der Waals surface area (Å²) in [7, 11) is 0. The third kappa shape index (κ3) is 1.61. The van der Waals surface area contributed by atoms with Crippen LogP contribution in [0.25, 0.3) is 0 Å². The normalized spacial score (nSPS) is 16.3. The summed E-state index contributed by atoms with van der Waals surface area (Å²) in [4.78, 5) is 4.08. The number of anilines is 1. The van der Waals surface area contributed by atoms with E-state index in [1.807, 2.05) is 0 Å². The Morgan fingerprint density at radius 1 is 1.57 bits per heavy atom. The standard InChI is InChI=1S/C10H14N4/c11-2-9-6-14-5-8(10(9)12)1-7-3-13-4-7/h2,5-7,11,13H,1,3-4H2,(H2,12,14). The van der Waals surface area contributed by atoms with E-state index in [1.54, 1.807) is 12.4 Å². The molecule has 1 aromatic rings. The fourth-order valence-electron chi connectivity index (χ4n) is 1.61. The lowest BCUT2D eigenvalue weighted by Crippen LogP contribution is -2.43. The van der Waals surface area contributed by atoms with Gasteiger partial charge in [0.15, 0.2) is 0 Å². The third-order valence-electron chi connectivity index (χ3n) is 2.63. The largest absolute Gasteiger partial charge is 0.398 e. The Balaban J connectivity index is 2.19. The molecule has 74 valence electrons. The van der Waals surface area contributed by atoms with Crippen LogP contribution in [0.2, 0.25) is 0 Å². The van der Waals surface area contributed by atoms with Gasteiger partial charge < -0.3 is 16.5 Å². The zero-order valence-electron chi connectivity index (χ0n) is 7.96. The zero-order chi connectivity index (χ0) is 9.97. The van der Waals surface area contributed by atoms with Gasteiger partial charge in [-0.15, -0.1) is 0 Å². The lowest BCUT2D eigenvalue weighted by molar-refractivity contribution is 0.346. The van der Waals surface area contributed by atoms with Crippen molar-refractivity contribution in [1.82, 2.24) is 10.3 Å². The smallest absolute Gasteiger partial charge is 0.0466 e. The second-order valence-electron chi connectivity index (χ2n) is 3.67. The highest BCUT2D eigenvalue weighted by atomic mass is 14.9. The van der Waals surface area contributed by atoms with E-state index in [0.29, 0.717) is 11.6 Å². The van der Waals surface area contributed by atoms with E-state index in [4.69, 9.17) is 11.1 Å². The third-order valence-corrected chi connectivity index (χ3v) is 2.63. The van der Waals surface area contributed by atoms with Gasteiger partial charge >= 0.3 is 0 Å². The topological polar surface area (TPSA) is 74.8 Å². The van der Waals surface area contributed by atoms with Crippen molar-refractivity contribution < 1.29 is 0 Å². The van der Waals surface area contributed by atoms with Crippen molar-refractivity contribution in [2.24, 2.45) is 5.92 Å². The van der Waals surface area contributed by atoms with E-state index in [9.17, 15) is 0 Å². The molecular weight excluding hydrogens is 176 g/mol. The van der Waals surface area contributed by atoms with Crippen molar-refractivity contribution in [1.29, 1.82) is 5.41 Å². The van der Waals surface area contributed by atoms with E-state index in [1.165, 1.54) is 6.21 Å². The molecule has 14 heavy (non-hydrogen) atoms. The summed E-state index contributed by atoms with van der Waals surface area (Å²) in [6.45, 7) is 2.13. The predicted molar refractivity (Wildman–Crippen MR) is 56.6 cm³/mol. The molecule has 0 aromatic carbocycles. The van der Waals surface area contributed by atoms with Crippen LogP contribution in [-0.4, -0.2) is 24.3 Å². The number of hydrogen-bond acceptors (Lipinski definition) is 4. The molecule has 0 spiro atoms. The van der Waals surface area contributed by atoms with Gasteiger partial charge in [0.25, 0.3) is 0 Å². The number of nitrogens with two attached hydrogens (primary N) is 1. The van der Waals surface area contributed by atoms with Gasteiger partial charge in [-0.3, -0.25) is 4.98 Å². The summed E-state index contributed by atoms with van der Waals surface area (Å²) < 4.78 is 0. The Bertz CT molecular complexity index is 344. The first-order valence-corrected chi connectivity index (χ1v) is 4.75. The van der Waals surface area contributed by atoms with E-state index >= 15 is 0 Å². The van der Waals surface area contributed by atoms with E-state index < -0.39 is 0 Å². The summed E-state index contributed by atoms with van der Waals surface area (Å²) >= 11 is 0. The summed E-state index contributed by atoms with van der Waals surface area (Å²) in [6, 6.07) is 0. The molecule has 0 bridgehead atoms. The monoisotopic (exact) mass is 190 g/mol. The van der Waals surface area contributed by atoms with Crippen LogP contribution in [0.15, 0.2) is 12.4 Å². The maximum Gasteiger partial charge on any atom is 0.0466 e. The lowest BCUT2D eigenvalue weighted by Gasteiger charge is -2.27. The number of aromatic nitrogens is 1. The first-order valence-electron chi connectivity index (χ1n) is 4.75. The number of nitrogen functional groups attached to an aromatic ring is 1. The van der Waals surface area contributed by atoms with Gasteiger partial charge in [0.1, 0.15) is 0 Å². The molecule has 0 atom stereocenters. The maximum absolute atomic E-state index is 7.17. The van der Waals surface area contributed by atoms with Gasteiger partial charge in [0, 0.05) is 29.9 Å². The Morgan fingerprint density at radius 3 is 2.93 bits per heavy atom. The van der Waals surface area contributed by atoms with Crippen molar-refractivity contribution in [2.75, 3.05) is 18.8 Å². The molecule has 0 aliphatic carbocycles. The fourth-order valence-corrected chi connectivity index (χ4v) is 1.61. The number of nitrogens with one attached hydrogen (secondary N) is 2. The van der Waals surface area contributed by atoms with Crippen LogP contribution in [0.4, 0.5) is 5.69 Å². The molecule has 0 saturated carbocycles. The van der Waals surface area contributed by atoms with Crippen LogP contribution in [0.5, 0.6) is 0 Å². The van der Waals surface area contributed by atoms with Crippen LogP contribution in [0.1, 0.15) is 11.1 Å². The minimum atomic E-state index is 0.681. The minimum absolute atomic E-state index is 0.681. The van der Waals surface area contributed by atoms with Crippen LogP contribution < -0.4 is 11.1 Å². The Hall–Kier alpha value is -1.42. The average Bonchev–Trinajstić information content (AvgIpc) is 2.13. The second kappa shape index (κ2) is 3.75. The fraction of sp³-hybridized carbons (Fsp3) is 0.400. The molecule has 0 amide bonds. The molecule has 1 aromatic heterocycles. The highest BCUT2D eigenvalue weighted by Crippen LogP contribution is 2.19. The van der Waals surface area contributed by atoms with E-state index in [-0.39, 0.29) is 0 Å². The molecule has 1 aliphatic heterocycles. The number of hydrogen-bond donors (Lipinski definition) is 3. The average molecular weight is 190 g/mol. The number of rotatable bonds is 3. The summed E-state index contributed by atoms with van der Waals surface area (Å²) in [5.74, 6) is 0.681. The summed E-state index contributed by atoms with van der Waals surface area (Å²) in [6.07, 6.45) is 5.66. The molecule has 2 heterocycles. The Kier molecular flexibility index (Phi) is 2.45. The summed E-state index contributed by atoms with van der Waals surface area (Å²) in [5.41, 5.74) is 8.40. The van der Waals surface area contributed by atoms with Crippen molar-refractivity contribution >= 4 is 11.9 Å². The first-order chi connectivity index (χ1) is 6.81. The van der Waals surface area contributed by atoms with Crippen LogP contribution >= 0.6 is 0 Å². The molecule has 4 N–H and O–H groups in total. The lowest BCUT2D eigenvalue weighted by atomic mass is 9.94. The van der Waals surface area contributed by atoms with Gasteiger partial charge in [-0.25, -0.2) is 0 Å². The van der Waals surface area contributed by atoms with Gasteiger partial charge in [0.2, 0.25) is 0 Å². The molecule has 4 heteroatoms. The number of nitrogens with zero attached hydrogens (tertiary/aromatic N) is 1. The minimum Gasteiger partial charge on any atom is -0.398 e. The van der Waals surface area contributed by atoms with Gasteiger partial charge in [-0.1, -0.05) is 0 Å². The van der Waals surface area contributed by atoms with Gasteiger partial charge in [-0.05, 0) is 31.0 Å². The molecule has 0 radical (unpaired) electrons. The van der Waals surface area contributed by atoms with Crippen LogP contribution in [-0.2, 0) is 6.42 Å². The molecule has 4 nitrogen and oxygen atoms in total. The Morgan fingerprint density at radius 2 is 2.36 bits per heavy atom. The first kappa shape index (κ1) is 9.15. The molecule has 1 saturated heterocycles. The Labute approximate surface area is 83.0 Å². The molecule has 1 fully saturated rings. The molecule has 2 rings (SSSR count). The molecular formula is C10H14N4. The van der Waals surface area contributed by atoms with Gasteiger partial charge in [0.05, 0.1) is 0 Å². The van der Waals surface area contributed by atoms with Crippen molar-refractivity contribution in [3.63, 3.8) is 0 Å². The molecule has 1 aliphatic rings. The van der Waals surface area contributed by atoms with Crippen molar-refractivity contribution in [2.45, 2.75) is 6.42 Å². The quantitative estimate of drug-likeness (QED) is 0.605. The van der Waals surface area contributed by atoms with Crippen molar-refractivity contribution in [3.8, 4) is 0 Å². The van der Waals surface area contributed by atoms with E-state index in [2.05, 4.69) is 10.3 Å². The second-order valence-corrected chi connectivity index (χ2v) is 3.67. The van der Waals surface area contributed by atoms with Crippen LogP contribution in [0.3, 0.4) is 0 Å². The zero-order valence-corrected chi connectivity index (χ0v) is 7.96. The van der Waals surface area contributed by atoms with E-state index in [0.717, 1.165) is 30.6 Å². The summed E-state index contributed by atoms with van der Waals surface area (Å²) in [5, 5.41) is 10.4. The van der Waals surface area contributed by atoms with Gasteiger partial charge in [-0.2, -0.15) is 0 Å². The van der Waals surface area contributed by atoms with Crippen molar-refractivity contribution in [3.05, 3.63) is 23.5 Å². The number of pyridine rings is 1. The molecule has 0 unspecified atom stereocenters.